The predicted molar refractivity (Wildman–Crippen MR) is 78.7 cm³/mol. The van der Waals surface area contributed by atoms with E-state index in [2.05, 4.69) is 5.32 Å². The summed E-state index contributed by atoms with van der Waals surface area (Å²) in [6.07, 6.45) is -0.0982. The smallest absolute Gasteiger partial charge is 0.407 e. The summed E-state index contributed by atoms with van der Waals surface area (Å²) in [4.78, 5) is 24.6. The van der Waals surface area contributed by atoms with Crippen LogP contribution in [-0.2, 0) is 19.4 Å². The van der Waals surface area contributed by atoms with Crippen molar-refractivity contribution in [3.05, 3.63) is 0 Å². The van der Waals surface area contributed by atoms with Crippen LogP contribution in [0.1, 0.15) is 34.1 Å². The van der Waals surface area contributed by atoms with Crippen LogP contribution >= 0.6 is 0 Å². The number of hydrogen-bond donors (Lipinski definition) is 1. The van der Waals surface area contributed by atoms with Gasteiger partial charge in [0.2, 0.25) is 5.91 Å². The van der Waals surface area contributed by atoms with Crippen LogP contribution in [0.3, 0.4) is 0 Å². The SMILES string of the molecule is CC(=O)N(CCNC(=O)OC(C)(C)C)C1CCS(=O)(=O)C1. The van der Waals surface area contributed by atoms with Gasteiger partial charge in [0.05, 0.1) is 11.5 Å². The third-order valence-electron chi connectivity index (χ3n) is 3.07. The van der Waals surface area contributed by atoms with Gasteiger partial charge >= 0.3 is 6.09 Å². The summed E-state index contributed by atoms with van der Waals surface area (Å²) in [5, 5.41) is 2.56. The molecule has 0 spiro atoms. The molecule has 1 rings (SSSR count). The highest BCUT2D eigenvalue weighted by Crippen LogP contribution is 2.17. The average molecular weight is 320 g/mol. The maximum absolute atomic E-state index is 11.6. The topological polar surface area (TPSA) is 92.8 Å². The van der Waals surface area contributed by atoms with Crippen molar-refractivity contribution in [3.8, 4) is 0 Å². The molecule has 8 heteroatoms. The Morgan fingerprint density at radius 3 is 2.38 bits per heavy atom. The molecule has 1 N–H and O–H groups in total. The molecule has 1 heterocycles. The fraction of sp³-hybridized carbons (Fsp3) is 0.846. The van der Waals surface area contributed by atoms with E-state index in [1.165, 1.54) is 11.8 Å². The zero-order valence-electron chi connectivity index (χ0n) is 13.0. The summed E-state index contributed by atoms with van der Waals surface area (Å²) in [5.41, 5.74) is -0.579. The number of sulfone groups is 1. The van der Waals surface area contributed by atoms with Gasteiger partial charge in [-0.05, 0) is 27.2 Å². The molecule has 21 heavy (non-hydrogen) atoms. The molecule has 0 aromatic carbocycles. The van der Waals surface area contributed by atoms with E-state index in [4.69, 9.17) is 4.74 Å². The van der Waals surface area contributed by atoms with Crippen LogP contribution in [0.5, 0.6) is 0 Å². The van der Waals surface area contributed by atoms with Crippen molar-refractivity contribution in [2.24, 2.45) is 0 Å². The fourth-order valence-corrected chi connectivity index (χ4v) is 3.94. The van der Waals surface area contributed by atoms with Crippen molar-refractivity contribution in [2.45, 2.75) is 45.8 Å². The second kappa shape index (κ2) is 6.64. The van der Waals surface area contributed by atoms with Gasteiger partial charge in [-0.3, -0.25) is 4.79 Å². The van der Waals surface area contributed by atoms with Gasteiger partial charge in [0.15, 0.2) is 9.84 Å². The Bertz CT molecular complexity index is 495. The van der Waals surface area contributed by atoms with Crippen LogP contribution < -0.4 is 5.32 Å². The number of rotatable bonds is 4. The number of carbonyl (C=O) groups is 2. The van der Waals surface area contributed by atoms with Gasteiger partial charge in [-0.2, -0.15) is 0 Å². The highest BCUT2D eigenvalue weighted by molar-refractivity contribution is 7.91. The molecule has 1 aliphatic rings. The van der Waals surface area contributed by atoms with Crippen LogP contribution in [0, 0.1) is 0 Å². The second-order valence-electron chi connectivity index (χ2n) is 6.20. The fourth-order valence-electron chi connectivity index (χ4n) is 2.21. The third-order valence-corrected chi connectivity index (χ3v) is 4.82. The molecule has 1 atom stereocenters. The second-order valence-corrected chi connectivity index (χ2v) is 8.43. The maximum Gasteiger partial charge on any atom is 0.407 e. The highest BCUT2D eigenvalue weighted by Gasteiger charge is 2.33. The van der Waals surface area contributed by atoms with E-state index < -0.39 is 21.5 Å². The van der Waals surface area contributed by atoms with E-state index in [9.17, 15) is 18.0 Å². The molecule has 7 nitrogen and oxygen atoms in total. The highest BCUT2D eigenvalue weighted by atomic mass is 32.2. The minimum atomic E-state index is -3.05. The van der Waals surface area contributed by atoms with Crippen molar-refractivity contribution in [3.63, 3.8) is 0 Å². The summed E-state index contributed by atoms with van der Waals surface area (Å²) in [7, 11) is -3.05. The Kier molecular flexibility index (Phi) is 5.61. The monoisotopic (exact) mass is 320 g/mol. The van der Waals surface area contributed by atoms with Crippen molar-refractivity contribution in [2.75, 3.05) is 24.6 Å². The molecule has 0 saturated carbocycles. The van der Waals surface area contributed by atoms with E-state index in [-0.39, 0.29) is 36.5 Å². The molecule has 0 radical (unpaired) electrons. The largest absolute Gasteiger partial charge is 0.444 e. The molecule has 122 valence electrons. The number of carbonyl (C=O) groups excluding carboxylic acids is 2. The van der Waals surface area contributed by atoms with E-state index in [1.807, 2.05) is 0 Å². The third kappa shape index (κ3) is 6.33. The van der Waals surface area contributed by atoms with E-state index in [1.54, 1.807) is 20.8 Å². The Balaban J connectivity index is 2.46. The van der Waals surface area contributed by atoms with Crippen molar-refractivity contribution >= 4 is 21.8 Å². The van der Waals surface area contributed by atoms with E-state index in [0.29, 0.717) is 6.42 Å². The van der Waals surface area contributed by atoms with Gasteiger partial charge < -0.3 is 15.0 Å². The van der Waals surface area contributed by atoms with Crippen LogP contribution in [0.4, 0.5) is 4.79 Å². The number of hydrogen-bond acceptors (Lipinski definition) is 5. The molecule has 1 fully saturated rings. The van der Waals surface area contributed by atoms with Crippen molar-refractivity contribution in [1.29, 1.82) is 0 Å². The first-order chi connectivity index (χ1) is 9.50. The molecule has 1 saturated heterocycles. The van der Waals surface area contributed by atoms with Gasteiger partial charge in [-0.15, -0.1) is 0 Å². The van der Waals surface area contributed by atoms with Crippen LogP contribution in [0.15, 0.2) is 0 Å². The zero-order chi connectivity index (χ0) is 16.3. The first-order valence-electron chi connectivity index (χ1n) is 6.95. The van der Waals surface area contributed by atoms with Crippen LogP contribution in [0.2, 0.25) is 0 Å². The summed E-state index contributed by atoms with van der Waals surface area (Å²) in [6, 6.07) is -0.298. The quantitative estimate of drug-likeness (QED) is 0.816. The maximum atomic E-state index is 11.6. The lowest BCUT2D eigenvalue weighted by Crippen LogP contribution is -2.45. The molecule has 0 aromatic heterocycles. The Hall–Kier alpha value is -1.31. The molecular weight excluding hydrogens is 296 g/mol. The lowest BCUT2D eigenvalue weighted by Gasteiger charge is -2.27. The molecule has 0 aliphatic carbocycles. The van der Waals surface area contributed by atoms with E-state index >= 15 is 0 Å². The van der Waals surface area contributed by atoms with Crippen LogP contribution in [0.25, 0.3) is 0 Å². The van der Waals surface area contributed by atoms with Gasteiger partial charge in [-0.25, -0.2) is 13.2 Å². The lowest BCUT2D eigenvalue weighted by atomic mass is 10.2. The zero-order valence-corrected chi connectivity index (χ0v) is 13.8. The molecule has 0 bridgehead atoms. The van der Waals surface area contributed by atoms with Gasteiger partial charge in [0.25, 0.3) is 0 Å². The summed E-state index contributed by atoms with van der Waals surface area (Å²) >= 11 is 0. The van der Waals surface area contributed by atoms with Gasteiger partial charge in [-0.1, -0.05) is 0 Å². The molecule has 1 unspecified atom stereocenters. The summed E-state index contributed by atoms with van der Waals surface area (Å²) in [6.45, 7) is 7.19. The number of nitrogens with zero attached hydrogens (tertiary/aromatic N) is 1. The minimum Gasteiger partial charge on any atom is -0.444 e. The standard InChI is InChI=1S/C13H24N2O5S/c1-10(16)15(11-5-8-21(18,19)9-11)7-6-14-12(17)20-13(2,3)4/h11H,5-9H2,1-4H3,(H,14,17). The molecular formula is C13H24N2O5S. The van der Waals surface area contributed by atoms with Gasteiger partial charge in [0.1, 0.15) is 5.60 Å². The summed E-state index contributed by atoms with van der Waals surface area (Å²) < 4.78 is 28.0. The van der Waals surface area contributed by atoms with E-state index in [0.717, 1.165) is 0 Å². The van der Waals surface area contributed by atoms with Crippen molar-refractivity contribution < 1.29 is 22.7 Å². The minimum absolute atomic E-state index is 0.000975. The molecule has 0 aromatic rings. The lowest BCUT2D eigenvalue weighted by molar-refractivity contribution is -0.130. The number of alkyl carbamates (subject to hydrolysis) is 1. The Morgan fingerprint density at radius 2 is 1.95 bits per heavy atom. The average Bonchev–Trinajstić information content (AvgIpc) is 2.61. The number of nitrogens with one attached hydrogen (secondary N) is 1. The predicted octanol–water partition coefficient (Wildman–Crippen LogP) is 0.547. The number of ether oxygens (including phenoxy) is 1. The van der Waals surface area contributed by atoms with Gasteiger partial charge in [0, 0.05) is 26.1 Å². The number of amides is 2. The van der Waals surface area contributed by atoms with Crippen LogP contribution in [-0.4, -0.2) is 61.6 Å². The normalized spacial score (nSPS) is 20.9. The Morgan fingerprint density at radius 1 is 1.33 bits per heavy atom. The molecule has 1 aliphatic heterocycles. The Labute approximate surface area is 125 Å². The molecule has 2 amide bonds. The summed E-state index contributed by atoms with van der Waals surface area (Å²) in [5.74, 6) is -0.0805. The van der Waals surface area contributed by atoms with Crippen molar-refractivity contribution in [1.82, 2.24) is 10.2 Å². The first-order valence-corrected chi connectivity index (χ1v) is 8.77. The first kappa shape index (κ1) is 17.7.